The van der Waals surface area contributed by atoms with Crippen LogP contribution in [0.3, 0.4) is 0 Å². The Morgan fingerprint density at radius 3 is 2.53 bits per heavy atom. The average molecular weight is 486 g/mol. The van der Waals surface area contributed by atoms with Gasteiger partial charge in [0, 0.05) is 22.2 Å². The number of nitrogens with zero attached hydrogens (tertiary/aromatic N) is 1. The maximum Gasteiger partial charge on any atom is 0.289 e. The summed E-state index contributed by atoms with van der Waals surface area (Å²) in [6.45, 7) is -0.177. The molecule has 1 aromatic carbocycles. The Balaban J connectivity index is 1.96. The Bertz CT molecular complexity index is 1070. The van der Waals surface area contributed by atoms with E-state index in [9.17, 15) is 19.0 Å². The highest BCUT2D eigenvalue weighted by Crippen LogP contribution is 2.29. The zero-order valence-electron chi connectivity index (χ0n) is 15.3. The summed E-state index contributed by atoms with van der Waals surface area (Å²) in [5.41, 5.74) is 1.49. The quantitative estimate of drug-likeness (QED) is 0.129. The fourth-order valence-electron chi connectivity index (χ4n) is 2.57. The van der Waals surface area contributed by atoms with Crippen LogP contribution in [0.15, 0.2) is 65.8 Å². The minimum Gasteiger partial charge on any atom is -0.501 e. The molecule has 0 saturated carbocycles. The van der Waals surface area contributed by atoms with Crippen LogP contribution in [-0.2, 0) is 6.61 Å². The summed E-state index contributed by atoms with van der Waals surface area (Å²) in [7, 11) is 0. The van der Waals surface area contributed by atoms with Crippen molar-refractivity contribution in [3.05, 3.63) is 75.7 Å². The van der Waals surface area contributed by atoms with E-state index in [1.165, 1.54) is 11.3 Å². The van der Waals surface area contributed by atoms with Gasteiger partial charge in [0.2, 0.25) is 5.76 Å². The highest BCUT2D eigenvalue weighted by molar-refractivity contribution is 7.99. The van der Waals surface area contributed by atoms with Crippen molar-refractivity contribution >= 4 is 69.0 Å². The van der Waals surface area contributed by atoms with Crippen molar-refractivity contribution in [3.63, 3.8) is 0 Å². The molecule has 0 amide bonds. The van der Waals surface area contributed by atoms with Crippen LogP contribution in [-0.4, -0.2) is 21.0 Å². The van der Waals surface area contributed by atoms with E-state index in [0.29, 0.717) is 37.1 Å². The van der Waals surface area contributed by atoms with Gasteiger partial charge in [-0.2, -0.15) is 13.3 Å². The number of aliphatic hydroxyl groups excluding tert-OH is 2. The number of anilines is 1. The number of thiophene rings is 1. The summed E-state index contributed by atoms with van der Waals surface area (Å²) < 4.78 is 27.1. The molecule has 0 aliphatic carbocycles. The smallest absolute Gasteiger partial charge is 0.289 e. The predicted molar refractivity (Wildman–Crippen MR) is 122 cm³/mol. The topological polar surface area (TPSA) is 56.4 Å². The van der Waals surface area contributed by atoms with Crippen molar-refractivity contribution in [2.24, 2.45) is 0 Å². The third-order valence-electron chi connectivity index (χ3n) is 3.89. The minimum atomic E-state index is -2.50. The van der Waals surface area contributed by atoms with Gasteiger partial charge in [-0.25, -0.2) is 0 Å². The number of thioether (sulfide) groups is 1. The van der Waals surface area contributed by atoms with Crippen LogP contribution in [0.5, 0.6) is 0 Å². The molecule has 2 heterocycles. The van der Waals surface area contributed by atoms with E-state index < -0.39 is 5.76 Å². The first-order chi connectivity index (χ1) is 14.4. The normalized spacial score (nSPS) is 12.0. The summed E-state index contributed by atoms with van der Waals surface area (Å²) in [6.07, 6.45) is 3.34. The highest BCUT2D eigenvalue weighted by Gasteiger charge is 2.25. The third kappa shape index (κ3) is 5.77. The second-order valence-electron chi connectivity index (χ2n) is 5.94. The van der Waals surface area contributed by atoms with E-state index in [0.717, 1.165) is 0 Å². The molecule has 0 atom stereocenters. The molecule has 0 aliphatic rings. The lowest BCUT2D eigenvalue weighted by Crippen LogP contribution is -2.38. The number of aromatic nitrogens is 1. The van der Waals surface area contributed by atoms with Gasteiger partial charge < -0.3 is 15.5 Å². The molecule has 4 nitrogen and oxygen atoms in total. The van der Waals surface area contributed by atoms with E-state index >= 15 is 0 Å². The Labute approximate surface area is 190 Å². The van der Waals surface area contributed by atoms with Crippen molar-refractivity contribution in [2.75, 3.05) is 5.32 Å². The van der Waals surface area contributed by atoms with Gasteiger partial charge in [-0.1, -0.05) is 35.6 Å². The zero-order chi connectivity index (χ0) is 21.7. The monoisotopic (exact) mass is 485 g/mol. The van der Waals surface area contributed by atoms with Gasteiger partial charge in [-0.05, 0) is 42.5 Å². The van der Waals surface area contributed by atoms with Crippen LogP contribution >= 0.6 is 46.9 Å². The van der Waals surface area contributed by atoms with Crippen LogP contribution in [0.2, 0.25) is 4.34 Å². The molecule has 3 N–H and O–H groups in total. The molecule has 2 aromatic heterocycles. The molecule has 0 unspecified atom stereocenters. The van der Waals surface area contributed by atoms with Crippen molar-refractivity contribution in [2.45, 2.75) is 17.3 Å². The van der Waals surface area contributed by atoms with Crippen molar-refractivity contribution in [1.82, 2.24) is 0 Å². The lowest BCUT2D eigenvalue weighted by Gasteiger charge is -2.10. The molecule has 0 fully saturated rings. The van der Waals surface area contributed by atoms with Crippen LogP contribution in [0, 0.1) is 0 Å². The Kier molecular flexibility index (Phi) is 7.79. The first kappa shape index (κ1) is 22.6. The lowest BCUT2D eigenvalue weighted by atomic mass is 10.2. The number of hydrogen-bond donors (Lipinski definition) is 3. The summed E-state index contributed by atoms with van der Waals surface area (Å²) in [6, 6.07) is 13.2. The number of benzene rings is 1. The molecule has 10 heteroatoms. The molecular weight excluding hydrogens is 470 g/mol. The van der Waals surface area contributed by atoms with E-state index in [1.807, 2.05) is 0 Å². The van der Waals surface area contributed by atoms with Gasteiger partial charge in [0.15, 0.2) is 17.4 Å². The Morgan fingerprint density at radius 2 is 1.93 bits per heavy atom. The van der Waals surface area contributed by atoms with Gasteiger partial charge in [0.05, 0.1) is 15.8 Å². The number of alkyl halides is 2. The maximum absolute atomic E-state index is 12.5. The molecule has 0 spiro atoms. The average Bonchev–Trinajstić information content (AvgIpc) is 3.16. The molecule has 30 heavy (non-hydrogen) atoms. The zero-order valence-corrected chi connectivity index (χ0v) is 18.5. The Morgan fingerprint density at radius 1 is 1.20 bits per heavy atom. The van der Waals surface area contributed by atoms with Crippen molar-refractivity contribution in [3.8, 4) is 0 Å². The molecule has 0 aliphatic heterocycles. The first-order valence-electron chi connectivity index (χ1n) is 8.54. The summed E-state index contributed by atoms with van der Waals surface area (Å²) in [5.74, 6) is -2.58. The van der Waals surface area contributed by atoms with Crippen LogP contribution in [0.1, 0.15) is 10.4 Å². The van der Waals surface area contributed by atoms with Gasteiger partial charge >= 0.3 is 0 Å². The molecule has 156 valence electrons. The molecule has 0 bridgehead atoms. The van der Waals surface area contributed by atoms with Crippen molar-refractivity contribution < 1.29 is 23.6 Å². The van der Waals surface area contributed by atoms with Crippen LogP contribution in [0.25, 0.3) is 11.5 Å². The first-order valence-corrected chi connectivity index (χ1v) is 11.0. The van der Waals surface area contributed by atoms with Crippen LogP contribution < -0.4 is 9.88 Å². The molecular formula is C20H16ClF2N2O2S3+. The van der Waals surface area contributed by atoms with Gasteiger partial charge in [0.1, 0.15) is 0 Å². The number of aliphatic hydroxyl groups is 2. The molecule has 3 aromatic rings. The molecule has 0 radical (unpaired) electrons. The van der Waals surface area contributed by atoms with E-state index in [4.69, 9.17) is 23.8 Å². The standard InChI is InChI=1S/C20H15ClF2N2O2S3/c21-16-8-7-15(30-16)18(27)17(25-9-1-2-12(10-25)11-26)19(28)24-13-3-5-14(6-4-13)29-20(22)23/h1-10,20,26H,11H2,(H-,24,27,28)/p+1. The maximum atomic E-state index is 12.5. The fourth-order valence-corrected chi connectivity index (χ4v) is 4.38. The van der Waals surface area contributed by atoms with Crippen LogP contribution in [0.4, 0.5) is 14.5 Å². The van der Waals surface area contributed by atoms with E-state index in [2.05, 4.69) is 5.32 Å². The number of thiocarbonyl (C=S) groups is 1. The largest absolute Gasteiger partial charge is 0.501 e. The molecule has 3 rings (SSSR count). The number of hydrogen-bond acceptors (Lipinski definition) is 5. The summed E-state index contributed by atoms with van der Waals surface area (Å²) in [5, 5.41) is 23.4. The Hall–Kier alpha value is -2.04. The number of rotatable bonds is 7. The number of pyridine rings is 1. The summed E-state index contributed by atoms with van der Waals surface area (Å²) >= 11 is 13.2. The van der Waals surface area contributed by atoms with Gasteiger partial charge in [-0.3, -0.25) is 0 Å². The lowest BCUT2D eigenvalue weighted by molar-refractivity contribution is -0.576. The number of halogens is 3. The predicted octanol–water partition coefficient (Wildman–Crippen LogP) is 5.82. The minimum absolute atomic E-state index is 0.0886. The van der Waals surface area contributed by atoms with E-state index in [-0.39, 0.29) is 23.1 Å². The number of nitrogens with one attached hydrogen (secondary N) is 1. The highest BCUT2D eigenvalue weighted by atomic mass is 35.5. The van der Waals surface area contributed by atoms with Gasteiger partial charge in [-0.15, -0.1) is 11.3 Å². The van der Waals surface area contributed by atoms with E-state index in [1.54, 1.807) is 65.5 Å². The fraction of sp³-hybridized carbons (Fsp3) is 0.100. The SMILES string of the molecule is OCc1ccc[n+](C(C(=S)Nc2ccc(SC(F)F)cc2)=C(O)c2ccc(Cl)s2)c1. The summed E-state index contributed by atoms with van der Waals surface area (Å²) in [4.78, 5) is 1.15. The second-order valence-corrected chi connectivity index (χ2v) is 9.12. The van der Waals surface area contributed by atoms with Crippen molar-refractivity contribution in [1.29, 1.82) is 0 Å². The second kappa shape index (κ2) is 10.3. The third-order valence-corrected chi connectivity index (χ3v) is 6.14. The van der Waals surface area contributed by atoms with Gasteiger partial charge in [0.25, 0.3) is 11.5 Å². The molecule has 0 saturated heterocycles.